The highest BCUT2D eigenvalue weighted by Crippen LogP contribution is 2.06. The molecule has 1 heterocycles. The SMILES string of the molecule is CCc1cc(CC)n(CCCNCCOC)n1. The van der Waals surface area contributed by atoms with Gasteiger partial charge < -0.3 is 10.1 Å². The summed E-state index contributed by atoms with van der Waals surface area (Å²) >= 11 is 0. The number of hydrogen-bond donors (Lipinski definition) is 1. The van der Waals surface area contributed by atoms with Crippen LogP contribution in [0.5, 0.6) is 0 Å². The number of rotatable bonds is 9. The molecular weight excluding hydrogens is 214 g/mol. The van der Waals surface area contributed by atoms with E-state index in [0.717, 1.165) is 45.5 Å². The molecule has 1 aromatic heterocycles. The number of nitrogens with one attached hydrogen (secondary N) is 1. The van der Waals surface area contributed by atoms with E-state index in [1.165, 1.54) is 11.4 Å². The van der Waals surface area contributed by atoms with E-state index in [9.17, 15) is 0 Å². The van der Waals surface area contributed by atoms with Gasteiger partial charge in [0.05, 0.1) is 12.3 Å². The molecule has 1 aromatic rings. The predicted molar refractivity (Wildman–Crippen MR) is 70.3 cm³/mol. The van der Waals surface area contributed by atoms with Crippen LogP contribution in [0, 0.1) is 0 Å². The molecule has 17 heavy (non-hydrogen) atoms. The maximum atomic E-state index is 4.98. The van der Waals surface area contributed by atoms with Crippen molar-refractivity contribution in [1.29, 1.82) is 0 Å². The summed E-state index contributed by atoms with van der Waals surface area (Å²) in [5.41, 5.74) is 2.55. The Labute approximate surface area is 104 Å². The lowest BCUT2D eigenvalue weighted by Crippen LogP contribution is -2.21. The molecule has 0 unspecified atom stereocenters. The topological polar surface area (TPSA) is 39.1 Å². The van der Waals surface area contributed by atoms with E-state index in [2.05, 4.69) is 35.0 Å². The van der Waals surface area contributed by atoms with E-state index in [4.69, 9.17) is 4.74 Å². The molecule has 1 N–H and O–H groups in total. The number of methoxy groups -OCH3 is 1. The molecule has 0 aliphatic carbocycles. The number of hydrogen-bond acceptors (Lipinski definition) is 3. The molecule has 1 rings (SSSR count). The molecule has 0 aromatic carbocycles. The zero-order valence-electron chi connectivity index (χ0n) is 11.3. The molecule has 0 aliphatic heterocycles. The number of aryl methyl sites for hydroxylation is 3. The molecule has 98 valence electrons. The van der Waals surface area contributed by atoms with Crippen LogP contribution in [0.3, 0.4) is 0 Å². The van der Waals surface area contributed by atoms with Gasteiger partial charge in [-0.05, 0) is 31.9 Å². The fourth-order valence-corrected chi connectivity index (χ4v) is 1.82. The predicted octanol–water partition coefficient (Wildman–Crippen LogP) is 1.63. The van der Waals surface area contributed by atoms with Crippen molar-refractivity contribution in [2.24, 2.45) is 0 Å². The molecule has 4 nitrogen and oxygen atoms in total. The summed E-state index contributed by atoms with van der Waals surface area (Å²) < 4.78 is 7.13. The van der Waals surface area contributed by atoms with Gasteiger partial charge in [-0.1, -0.05) is 13.8 Å². The van der Waals surface area contributed by atoms with E-state index in [-0.39, 0.29) is 0 Å². The van der Waals surface area contributed by atoms with Crippen molar-refractivity contribution in [3.8, 4) is 0 Å². The largest absolute Gasteiger partial charge is 0.383 e. The van der Waals surface area contributed by atoms with Crippen LogP contribution in [0.4, 0.5) is 0 Å². The Bertz CT molecular complexity index is 310. The summed E-state index contributed by atoms with van der Waals surface area (Å²) in [6.45, 7) is 8.07. The summed E-state index contributed by atoms with van der Waals surface area (Å²) in [7, 11) is 1.73. The van der Waals surface area contributed by atoms with Crippen molar-refractivity contribution in [2.75, 3.05) is 26.8 Å². The third kappa shape index (κ3) is 4.88. The Kier molecular flexibility index (Phi) is 6.89. The van der Waals surface area contributed by atoms with E-state index in [1.54, 1.807) is 7.11 Å². The van der Waals surface area contributed by atoms with Crippen molar-refractivity contribution in [1.82, 2.24) is 15.1 Å². The van der Waals surface area contributed by atoms with Crippen LogP contribution in [0.15, 0.2) is 6.07 Å². The Morgan fingerprint density at radius 2 is 2.12 bits per heavy atom. The van der Waals surface area contributed by atoms with Crippen LogP contribution in [0.2, 0.25) is 0 Å². The second-order valence-corrected chi connectivity index (χ2v) is 4.15. The minimum atomic E-state index is 0.780. The van der Waals surface area contributed by atoms with Crippen LogP contribution in [0.25, 0.3) is 0 Å². The molecule has 0 fully saturated rings. The zero-order chi connectivity index (χ0) is 12.5. The Morgan fingerprint density at radius 1 is 1.29 bits per heavy atom. The first kappa shape index (κ1) is 14.2. The van der Waals surface area contributed by atoms with Gasteiger partial charge in [-0.3, -0.25) is 4.68 Å². The lowest BCUT2D eigenvalue weighted by molar-refractivity contribution is 0.199. The summed E-state index contributed by atoms with van der Waals surface area (Å²) in [5, 5.41) is 7.95. The highest BCUT2D eigenvalue weighted by molar-refractivity contribution is 5.10. The molecule has 0 bridgehead atoms. The lowest BCUT2D eigenvalue weighted by Gasteiger charge is -2.06. The van der Waals surface area contributed by atoms with Gasteiger partial charge >= 0.3 is 0 Å². The van der Waals surface area contributed by atoms with Crippen molar-refractivity contribution >= 4 is 0 Å². The minimum absolute atomic E-state index is 0.780. The number of nitrogens with zero attached hydrogens (tertiary/aromatic N) is 2. The standard InChI is InChI=1S/C13H25N3O/c1-4-12-11-13(5-2)16(15-12)9-6-7-14-8-10-17-3/h11,14H,4-10H2,1-3H3. The molecule has 0 aliphatic rings. The smallest absolute Gasteiger partial charge is 0.0624 e. The minimum Gasteiger partial charge on any atom is -0.383 e. The first-order valence-corrected chi connectivity index (χ1v) is 6.57. The van der Waals surface area contributed by atoms with Gasteiger partial charge in [0, 0.05) is 25.9 Å². The Morgan fingerprint density at radius 3 is 2.76 bits per heavy atom. The third-order valence-corrected chi connectivity index (χ3v) is 2.84. The first-order chi connectivity index (χ1) is 8.31. The summed E-state index contributed by atoms with van der Waals surface area (Å²) in [5.74, 6) is 0. The van der Waals surface area contributed by atoms with Gasteiger partial charge in [-0.25, -0.2) is 0 Å². The van der Waals surface area contributed by atoms with Gasteiger partial charge in [-0.15, -0.1) is 0 Å². The first-order valence-electron chi connectivity index (χ1n) is 6.57. The van der Waals surface area contributed by atoms with Crippen molar-refractivity contribution < 1.29 is 4.74 Å². The number of aromatic nitrogens is 2. The molecule has 4 heteroatoms. The van der Waals surface area contributed by atoms with Gasteiger partial charge in [-0.2, -0.15) is 5.10 Å². The molecule has 0 saturated heterocycles. The average molecular weight is 239 g/mol. The normalized spacial score (nSPS) is 11.0. The zero-order valence-corrected chi connectivity index (χ0v) is 11.3. The molecular formula is C13H25N3O. The van der Waals surface area contributed by atoms with Gasteiger partial charge in [0.1, 0.15) is 0 Å². The highest BCUT2D eigenvalue weighted by atomic mass is 16.5. The fourth-order valence-electron chi connectivity index (χ4n) is 1.82. The second kappa shape index (κ2) is 8.25. The van der Waals surface area contributed by atoms with Crippen LogP contribution < -0.4 is 5.32 Å². The Balaban J connectivity index is 2.28. The second-order valence-electron chi connectivity index (χ2n) is 4.15. The maximum Gasteiger partial charge on any atom is 0.0624 e. The summed E-state index contributed by atoms with van der Waals surface area (Å²) in [4.78, 5) is 0. The van der Waals surface area contributed by atoms with Crippen LogP contribution in [-0.2, 0) is 24.1 Å². The summed E-state index contributed by atoms with van der Waals surface area (Å²) in [6, 6.07) is 2.22. The lowest BCUT2D eigenvalue weighted by atomic mass is 10.2. The van der Waals surface area contributed by atoms with Crippen LogP contribution in [0.1, 0.15) is 31.7 Å². The van der Waals surface area contributed by atoms with Crippen molar-refractivity contribution in [2.45, 2.75) is 39.7 Å². The van der Waals surface area contributed by atoms with Crippen molar-refractivity contribution in [3.05, 3.63) is 17.5 Å². The number of ether oxygens (including phenoxy) is 1. The molecule has 0 amide bonds. The monoisotopic (exact) mass is 239 g/mol. The Hall–Kier alpha value is -0.870. The van der Waals surface area contributed by atoms with Gasteiger partial charge in [0.25, 0.3) is 0 Å². The van der Waals surface area contributed by atoms with E-state index in [0.29, 0.717) is 0 Å². The van der Waals surface area contributed by atoms with Crippen LogP contribution in [-0.4, -0.2) is 36.6 Å². The van der Waals surface area contributed by atoms with Gasteiger partial charge in [0.15, 0.2) is 0 Å². The molecule has 0 spiro atoms. The molecule has 0 saturated carbocycles. The molecule has 0 radical (unpaired) electrons. The average Bonchev–Trinajstić information content (AvgIpc) is 2.76. The fraction of sp³-hybridized carbons (Fsp3) is 0.769. The molecule has 0 atom stereocenters. The van der Waals surface area contributed by atoms with E-state index in [1.807, 2.05) is 0 Å². The van der Waals surface area contributed by atoms with Crippen molar-refractivity contribution in [3.63, 3.8) is 0 Å². The van der Waals surface area contributed by atoms with E-state index < -0.39 is 0 Å². The van der Waals surface area contributed by atoms with Gasteiger partial charge in [0.2, 0.25) is 0 Å². The quantitative estimate of drug-likeness (QED) is 0.666. The maximum absolute atomic E-state index is 4.98. The third-order valence-electron chi connectivity index (χ3n) is 2.84. The van der Waals surface area contributed by atoms with Crippen LogP contribution >= 0.6 is 0 Å². The van der Waals surface area contributed by atoms with E-state index >= 15 is 0 Å². The summed E-state index contributed by atoms with van der Waals surface area (Å²) in [6.07, 6.45) is 3.19. The highest BCUT2D eigenvalue weighted by Gasteiger charge is 2.04.